The summed E-state index contributed by atoms with van der Waals surface area (Å²) in [6.07, 6.45) is 2.42. The minimum atomic E-state index is 0.285. The fourth-order valence-corrected chi connectivity index (χ4v) is 2.55. The van der Waals surface area contributed by atoms with Gasteiger partial charge in [-0.15, -0.1) is 0 Å². The highest BCUT2D eigenvalue weighted by Crippen LogP contribution is 2.40. The number of fused-ring (bicyclic) bond motifs is 1. The van der Waals surface area contributed by atoms with Crippen LogP contribution in [0.25, 0.3) is 0 Å². The highest BCUT2D eigenvalue weighted by Gasteiger charge is 2.30. The van der Waals surface area contributed by atoms with Gasteiger partial charge < -0.3 is 10.6 Å². The Morgan fingerprint density at radius 1 is 1.38 bits per heavy atom. The van der Waals surface area contributed by atoms with Gasteiger partial charge in [-0.25, -0.2) is 0 Å². The first-order valence-corrected chi connectivity index (χ1v) is 6.19. The van der Waals surface area contributed by atoms with Gasteiger partial charge >= 0.3 is 0 Å². The number of hydrogen-bond donors (Lipinski definition) is 1. The van der Waals surface area contributed by atoms with E-state index < -0.39 is 0 Å². The van der Waals surface area contributed by atoms with Gasteiger partial charge in [0.25, 0.3) is 0 Å². The van der Waals surface area contributed by atoms with E-state index in [1.807, 2.05) is 6.07 Å². The Bertz CT molecular complexity index is 382. The van der Waals surface area contributed by atoms with Crippen LogP contribution < -0.4 is 10.6 Å². The Labute approximate surface area is 98.4 Å². The predicted molar refractivity (Wildman–Crippen MR) is 71.0 cm³/mol. The van der Waals surface area contributed by atoms with Crippen molar-refractivity contribution in [1.29, 1.82) is 0 Å². The summed E-state index contributed by atoms with van der Waals surface area (Å²) in [7, 11) is 0. The van der Waals surface area contributed by atoms with E-state index >= 15 is 0 Å². The largest absolute Gasteiger partial charge is 0.399 e. The van der Waals surface area contributed by atoms with Crippen LogP contribution in [0.1, 0.15) is 39.2 Å². The van der Waals surface area contributed by atoms with E-state index in [9.17, 15) is 0 Å². The molecule has 0 aliphatic carbocycles. The molecule has 0 spiro atoms. The highest BCUT2D eigenvalue weighted by molar-refractivity contribution is 5.64. The molecule has 88 valence electrons. The standard InChI is InChI=1S/C14H22N2/c1-4-8-16-9-7-14(2,3)12-6-5-11(15)10-13(12)16/h5-6,10H,4,7-9,15H2,1-3H3. The van der Waals surface area contributed by atoms with Crippen molar-refractivity contribution in [2.75, 3.05) is 23.7 Å². The van der Waals surface area contributed by atoms with Crippen molar-refractivity contribution < 1.29 is 0 Å². The number of rotatable bonds is 2. The van der Waals surface area contributed by atoms with Crippen molar-refractivity contribution >= 4 is 11.4 Å². The van der Waals surface area contributed by atoms with E-state index in [0.717, 1.165) is 18.8 Å². The summed E-state index contributed by atoms with van der Waals surface area (Å²) in [6, 6.07) is 6.36. The molecule has 1 aromatic rings. The Hall–Kier alpha value is -1.18. The van der Waals surface area contributed by atoms with E-state index in [0.29, 0.717) is 0 Å². The fraction of sp³-hybridized carbons (Fsp3) is 0.571. The Balaban J connectivity index is 2.45. The third kappa shape index (κ3) is 1.89. The third-order valence-corrected chi connectivity index (χ3v) is 3.59. The van der Waals surface area contributed by atoms with Gasteiger partial charge in [0.1, 0.15) is 0 Å². The molecule has 0 saturated carbocycles. The smallest absolute Gasteiger partial charge is 0.0424 e. The molecule has 0 saturated heterocycles. The number of nitrogens with zero attached hydrogens (tertiary/aromatic N) is 1. The second-order valence-electron chi connectivity index (χ2n) is 5.40. The van der Waals surface area contributed by atoms with Gasteiger partial charge in [-0.05, 0) is 36.0 Å². The van der Waals surface area contributed by atoms with Crippen molar-refractivity contribution in [3.63, 3.8) is 0 Å². The van der Waals surface area contributed by atoms with Crippen molar-refractivity contribution in [3.05, 3.63) is 23.8 Å². The molecule has 1 aliphatic rings. The molecule has 1 heterocycles. The zero-order valence-electron chi connectivity index (χ0n) is 10.6. The average Bonchev–Trinajstić information content (AvgIpc) is 2.22. The van der Waals surface area contributed by atoms with E-state index in [4.69, 9.17) is 5.73 Å². The molecule has 0 aromatic heterocycles. The van der Waals surface area contributed by atoms with Gasteiger partial charge in [0.2, 0.25) is 0 Å². The number of hydrogen-bond acceptors (Lipinski definition) is 2. The van der Waals surface area contributed by atoms with Crippen LogP contribution in [0.5, 0.6) is 0 Å². The number of nitrogen functional groups attached to an aromatic ring is 1. The van der Waals surface area contributed by atoms with Crippen molar-refractivity contribution in [3.8, 4) is 0 Å². The SMILES string of the molecule is CCCN1CCC(C)(C)c2ccc(N)cc21. The third-order valence-electron chi connectivity index (χ3n) is 3.59. The number of anilines is 2. The first-order valence-electron chi connectivity index (χ1n) is 6.19. The van der Waals surface area contributed by atoms with Crippen molar-refractivity contribution in [2.45, 2.75) is 39.0 Å². The molecule has 0 bridgehead atoms. The quantitative estimate of drug-likeness (QED) is 0.773. The molecule has 16 heavy (non-hydrogen) atoms. The molecule has 2 rings (SSSR count). The topological polar surface area (TPSA) is 29.3 Å². The molecule has 1 aliphatic heterocycles. The Morgan fingerprint density at radius 2 is 2.12 bits per heavy atom. The second-order valence-corrected chi connectivity index (χ2v) is 5.40. The Morgan fingerprint density at radius 3 is 2.81 bits per heavy atom. The van der Waals surface area contributed by atoms with Gasteiger partial charge in [-0.3, -0.25) is 0 Å². The minimum Gasteiger partial charge on any atom is -0.399 e. The number of nitrogens with two attached hydrogens (primary N) is 1. The highest BCUT2D eigenvalue weighted by atomic mass is 15.1. The molecule has 2 N–H and O–H groups in total. The molecule has 2 nitrogen and oxygen atoms in total. The molecular weight excluding hydrogens is 196 g/mol. The van der Waals surface area contributed by atoms with Crippen molar-refractivity contribution in [1.82, 2.24) is 0 Å². The van der Waals surface area contributed by atoms with Gasteiger partial charge in [-0.1, -0.05) is 26.8 Å². The lowest BCUT2D eigenvalue weighted by atomic mass is 9.77. The zero-order valence-corrected chi connectivity index (χ0v) is 10.6. The maximum absolute atomic E-state index is 5.90. The van der Waals surface area contributed by atoms with Gasteiger partial charge in [0, 0.05) is 24.5 Å². The summed E-state index contributed by atoms with van der Waals surface area (Å²) in [4.78, 5) is 2.47. The molecule has 0 amide bonds. The number of benzene rings is 1. The first-order chi connectivity index (χ1) is 7.54. The molecule has 2 heteroatoms. The molecule has 0 radical (unpaired) electrons. The van der Waals surface area contributed by atoms with Crippen LogP contribution in [0.15, 0.2) is 18.2 Å². The minimum absolute atomic E-state index is 0.285. The van der Waals surface area contributed by atoms with Gasteiger partial charge in [0.05, 0.1) is 0 Å². The van der Waals surface area contributed by atoms with Crippen LogP contribution in [0.2, 0.25) is 0 Å². The Kier molecular flexibility index (Phi) is 2.83. The van der Waals surface area contributed by atoms with Gasteiger partial charge in [-0.2, -0.15) is 0 Å². The maximum atomic E-state index is 5.90. The van der Waals surface area contributed by atoms with Gasteiger partial charge in [0.15, 0.2) is 0 Å². The van der Waals surface area contributed by atoms with E-state index in [1.54, 1.807) is 0 Å². The monoisotopic (exact) mass is 218 g/mol. The van der Waals surface area contributed by atoms with Crippen LogP contribution in [-0.4, -0.2) is 13.1 Å². The molecule has 0 atom stereocenters. The average molecular weight is 218 g/mol. The fourth-order valence-electron chi connectivity index (χ4n) is 2.55. The van der Waals surface area contributed by atoms with E-state index in [-0.39, 0.29) is 5.41 Å². The predicted octanol–water partition coefficient (Wildman–Crippen LogP) is 3.17. The summed E-state index contributed by atoms with van der Waals surface area (Å²) in [5, 5.41) is 0. The molecule has 0 fully saturated rings. The lowest BCUT2D eigenvalue weighted by Gasteiger charge is -2.40. The summed E-state index contributed by atoms with van der Waals surface area (Å²) in [5.74, 6) is 0. The van der Waals surface area contributed by atoms with Crippen LogP contribution >= 0.6 is 0 Å². The molecule has 0 unspecified atom stereocenters. The van der Waals surface area contributed by atoms with E-state index in [1.165, 1.54) is 24.1 Å². The molecular formula is C14H22N2. The lowest BCUT2D eigenvalue weighted by Crippen LogP contribution is -2.37. The van der Waals surface area contributed by atoms with Crippen LogP contribution in [0, 0.1) is 0 Å². The van der Waals surface area contributed by atoms with Crippen LogP contribution in [0.4, 0.5) is 11.4 Å². The van der Waals surface area contributed by atoms with Crippen LogP contribution in [0.3, 0.4) is 0 Å². The first kappa shape index (κ1) is 11.3. The summed E-state index contributed by atoms with van der Waals surface area (Å²) in [6.45, 7) is 9.16. The zero-order chi connectivity index (χ0) is 11.8. The van der Waals surface area contributed by atoms with Crippen LogP contribution in [-0.2, 0) is 5.41 Å². The summed E-state index contributed by atoms with van der Waals surface area (Å²) in [5.41, 5.74) is 9.85. The lowest BCUT2D eigenvalue weighted by molar-refractivity contribution is 0.453. The normalized spacial score (nSPS) is 18.3. The second kappa shape index (κ2) is 4.00. The van der Waals surface area contributed by atoms with E-state index in [2.05, 4.69) is 37.8 Å². The van der Waals surface area contributed by atoms with Crippen molar-refractivity contribution in [2.24, 2.45) is 0 Å². The molecule has 1 aromatic carbocycles. The maximum Gasteiger partial charge on any atom is 0.0424 e. The summed E-state index contributed by atoms with van der Waals surface area (Å²) >= 11 is 0. The summed E-state index contributed by atoms with van der Waals surface area (Å²) < 4.78 is 0.